The Morgan fingerprint density at radius 3 is 1.68 bits per heavy atom. The van der Waals surface area contributed by atoms with E-state index in [4.69, 9.17) is 28.7 Å². The van der Waals surface area contributed by atoms with Crippen molar-refractivity contribution in [3.05, 3.63) is 126 Å². The standard InChI is InChI=1S/C79H120N18O10/c1-94-36-38-95(2)40-42-97(43-41-96(3)39-37-94)54-74(103)91-67(29-13-16-33-81)70(99)47-59(26-12-15-32-80)76(105)86-34-17-14-25-58(75(82)104)46-64(98)53-89-77(106)61(45-62-51-88-66-28-11-10-27-65(62)66)49-71(100)68(30-19-35-87-79(83)84)93-78(107)60(44-57-22-8-5-9-23-57)48-72(101)69(50-63-52-85-55-90-63)92-73(102)31-18-24-56-20-6-4-7-21-56/h4-11,20-23,27-28,51-52,55,58-61,67-69,88H,12-19,24-26,29-50,53-54,80-81H2,1-3H3,(H2,82,104)(H,85,90)(H,86,105)(H,89,106)(H,91,103)(H,92,102)(H,93,107)(H4,83,84,87)/t58-,59?,60+,61-,67?,68+,69+/m1/s1. The smallest absolute Gasteiger partial charge is 0.234 e. The van der Waals surface area contributed by atoms with E-state index in [1.807, 2.05) is 84.9 Å². The van der Waals surface area contributed by atoms with Crippen LogP contribution in [0.5, 0.6) is 0 Å². The zero-order valence-corrected chi connectivity index (χ0v) is 63.3. The first-order valence-electron chi connectivity index (χ1n) is 38.2. The zero-order chi connectivity index (χ0) is 77.3. The molecule has 6 rings (SSSR count). The van der Waals surface area contributed by atoms with Crippen LogP contribution >= 0.6 is 0 Å². The summed E-state index contributed by atoms with van der Waals surface area (Å²) in [5, 5.41) is 15.4. The van der Waals surface area contributed by atoms with Gasteiger partial charge >= 0.3 is 0 Å². The third-order valence-electron chi connectivity index (χ3n) is 20.0. The van der Waals surface area contributed by atoms with Gasteiger partial charge in [-0.05, 0) is 140 Å². The number of carbonyl (C=O) groups excluding carboxylic acids is 10. The van der Waals surface area contributed by atoms with Gasteiger partial charge in [-0.25, -0.2) is 4.98 Å². The Bertz CT molecular complexity index is 3550. The van der Waals surface area contributed by atoms with Crippen LogP contribution in [-0.2, 0) is 73.6 Å². The molecule has 1 fully saturated rings. The predicted octanol–water partition coefficient (Wildman–Crippen LogP) is 3.01. The molecule has 1 aliphatic rings. The van der Waals surface area contributed by atoms with Crippen LogP contribution in [0.25, 0.3) is 10.9 Å². The molecule has 2 unspecified atom stereocenters. The third-order valence-corrected chi connectivity index (χ3v) is 20.0. The number of nitrogens with one attached hydrogen (secondary N) is 7. The van der Waals surface area contributed by atoms with Gasteiger partial charge in [0.2, 0.25) is 35.4 Å². The minimum absolute atomic E-state index is 0.0407. The number of benzene rings is 3. The fourth-order valence-corrected chi connectivity index (χ4v) is 13.4. The molecule has 28 nitrogen and oxygen atoms in total. The van der Waals surface area contributed by atoms with Gasteiger partial charge in [0.25, 0.3) is 0 Å². The molecule has 28 heteroatoms. The number of nitrogens with two attached hydrogens (primary N) is 5. The molecule has 6 amide bonds. The van der Waals surface area contributed by atoms with Crippen molar-refractivity contribution in [2.45, 2.75) is 153 Å². The van der Waals surface area contributed by atoms with Gasteiger partial charge in [-0.3, -0.25) is 57.8 Å². The number of hydrogen-bond donors (Lipinski definition) is 12. The van der Waals surface area contributed by atoms with E-state index in [2.05, 4.69) is 87.3 Å². The van der Waals surface area contributed by atoms with E-state index < -0.39 is 89.8 Å². The Kier molecular flexibility index (Phi) is 39.2. The number of aryl methyl sites for hydroxylation is 1. The van der Waals surface area contributed by atoms with Crippen molar-refractivity contribution in [3.8, 4) is 0 Å². The molecule has 1 saturated heterocycles. The highest BCUT2D eigenvalue weighted by molar-refractivity contribution is 5.97. The molecule has 7 atom stereocenters. The Morgan fingerprint density at radius 1 is 0.514 bits per heavy atom. The molecule has 0 spiro atoms. The average Bonchev–Trinajstić information content (AvgIpc) is 1.71. The molecule has 0 radical (unpaired) electrons. The van der Waals surface area contributed by atoms with E-state index in [9.17, 15) is 47.9 Å². The second kappa shape index (κ2) is 48.3. The van der Waals surface area contributed by atoms with Crippen LogP contribution < -0.4 is 55.3 Å². The molecule has 1 aliphatic heterocycles. The summed E-state index contributed by atoms with van der Waals surface area (Å²) in [4.78, 5) is 165. The monoisotopic (exact) mass is 1480 g/mol. The van der Waals surface area contributed by atoms with E-state index in [0.717, 1.165) is 61.3 Å². The quantitative estimate of drug-likeness (QED) is 0.0151. The number of rotatable bonds is 49. The Labute approximate surface area is 630 Å². The largest absolute Gasteiger partial charge is 0.370 e. The topological polar surface area (TPSA) is 431 Å². The maximum absolute atomic E-state index is 15.0. The number of guanidine groups is 1. The number of Topliss-reactive ketones (excluding diaryl/α,β-unsaturated/α-hetero) is 4. The average molecular weight is 1480 g/mol. The fraction of sp³-hybridized carbons (Fsp3) is 0.570. The summed E-state index contributed by atoms with van der Waals surface area (Å²) < 4.78 is 0. The number of aromatic nitrogens is 3. The van der Waals surface area contributed by atoms with Gasteiger partial charge in [0, 0.05) is 157 Å². The van der Waals surface area contributed by atoms with Gasteiger partial charge in [-0.15, -0.1) is 0 Å². The number of hydrogen-bond acceptors (Lipinski definition) is 18. The van der Waals surface area contributed by atoms with Crippen LogP contribution in [0.1, 0.15) is 132 Å². The highest BCUT2D eigenvalue weighted by Crippen LogP contribution is 2.25. The van der Waals surface area contributed by atoms with Gasteiger partial charge < -0.3 is 79.9 Å². The van der Waals surface area contributed by atoms with Gasteiger partial charge in [0.1, 0.15) is 0 Å². The first-order valence-corrected chi connectivity index (χ1v) is 38.2. The van der Waals surface area contributed by atoms with E-state index in [-0.39, 0.29) is 113 Å². The number of fused-ring (bicyclic) bond motifs is 1. The van der Waals surface area contributed by atoms with Crippen molar-refractivity contribution in [2.24, 2.45) is 57.3 Å². The molecule has 3 aromatic carbocycles. The molecule has 0 saturated carbocycles. The van der Waals surface area contributed by atoms with Crippen molar-refractivity contribution >= 4 is 75.4 Å². The normalized spacial score (nSPS) is 15.6. The molecule has 2 aromatic heterocycles. The minimum Gasteiger partial charge on any atom is -0.370 e. The first kappa shape index (κ1) is 86.9. The molecular formula is C79H120N18O10. The first-order chi connectivity index (χ1) is 51.6. The Morgan fingerprint density at radius 2 is 1.06 bits per heavy atom. The number of primary amides is 1. The maximum Gasteiger partial charge on any atom is 0.234 e. The van der Waals surface area contributed by atoms with Gasteiger partial charge in [0.15, 0.2) is 29.1 Å². The molecular weight excluding hydrogens is 1360 g/mol. The van der Waals surface area contributed by atoms with E-state index in [0.29, 0.717) is 102 Å². The SMILES string of the molecule is CN1CCN(C)CCN(CC(=O)NC(CCCCN)C(=O)CC(CCCCN)C(=O)NCCCC[C@H](CC(=O)CNC(=O)[C@@H](CC(=O)[C@H](CCCN=C(N)N)NC(=O)[C@H](CC(=O)[C@H](Cc2cnc[nH]2)NC(=O)CCCc2ccccc2)Cc2ccccc2)Cc2c[nH]c3ccccc23)C(N)=O)CCN(C)CC1. The Balaban J connectivity index is 1.09. The van der Waals surface area contributed by atoms with Gasteiger partial charge in [-0.2, -0.15) is 0 Å². The van der Waals surface area contributed by atoms with Crippen LogP contribution in [0.4, 0.5) is 0 Å². The number of aliphatic imine (C=N–C) groups is 1. The number of ketones is 4. The summed E-state index contributed by atoms with van der Waals surface area (Å²) >= 11 is 0. The van der Waals surface area contributed by atoms with E-state index in [1.54, 1.807) is 12.4 Å². The minimum atomic E-state index is -1.20. The molecule has 5 aromatic rings. The number of likely N-dealkylation sites (N-methyl/N-ethyl adjacent to an activating group) is 3. The van der Waals surface area contributed by atoms with Crippen LogP contribution in [0, 0.1) is 23.7 Å². The number of para-hydroxylation sites is 1. The summed E-state index contributed by atoms with van der Waals surface area (Å²) in [6, 6.07) is 23.3. The lowest BCUT2D eigenvalue weighted by Crippen LogP contribution is -2.49. The molecule has 107 heavy (non-hydrogen) atoms. The summed E-state index contributed by atoms with van der Waals surface area (Å²) in [6.07, 6.45) is 9.89. The van der Waals surface area contributed by atoms with Crippen LogP contribution in [0.15, 0.2) is 109 Å². The summed E-state index contributed by atoms with van der Waals surface area (Å²) in [5.74, 6) is -8.38. The predicted molar refractivity (Wildman–Crippen MR) is 416 cm³/mol. The number of H-pyrrole nitrogens is 2. The highest BCUT2D eigenvalue weighted by Gasteiger charge is 2.35. The summed E-state index contributed by atoms with van der Waals surface area (Å²) in [6.45, 7) is 7.42. The lowest BCUT2D eigenvalue weighted by molar-refractivity contribution is -0.135. The molecule has 0 bridgehead atoms. The van der Waals surface area contributed by atoms with Crippen LogP contribution in [0.2, 0.25) is 0 Å². The van der Waals surface area contributed by atoms with Crippen molar-refractivity contribution in [3.63, 3.8) is 0 Å². The molecule has 0 aliphatic carbocycles. The molecule has 586 valence electrons. The number of carbonyl (C=O) groups is 10. The maximum atomic E-state index is 15.0. The van der Waals surface area contributed by atoms with Crippen molar-refractivity contribution < 1.29 is 47.9 Å². The molecule has 17 N–H and O–H groups in total. The lowest BCUT2D eigenvalue weighted by Gasteiger charge is -2.31. The van der Waals surface area contributed by atoms with E-state index in [1.165, 1.54) is 6.33 Å². The number of nitrogens with zero attached hydrogens (tertiary/aromatic N) is 6. The number of unbranched alkanes of at least 4 members (excludes halogenated alkanes) is 3. The summed E-state index contributed by atoms with van der Waals surface area (Å²) in [5.41, 5.74) is 32.9. The number of imidazole rings is 1. The Hall–Kier alpha value is -9.06. The number of amides is 6. The fourth-order valence-electron chi connectivity index (χ4n) is 13.4. The van der Waals surface area contributed by atoms with Crippen molar-refractivity contribution in [1.29, 1.82) is 0 Å². The van der Waals surface area contributed by atoms with Gasteiger partial charge in [-0.1, -0.05) is 91.7 Å². The third kappa shape index (κ3) is 33.3. The number of aromatic amines is 2. The lowest BCUT2D eigenvalue weighted by atomic mass is 9.88. The van der Waals surface area contributed by atoms with Crippen LogP contribution in [-0.4, -0.2) is 230 Å². The second-order valence-electron chi connectivity index (χ2n) is 28.8. The van der Waals surface area contributed by atoms with Crippen molar-refractivity contribution in [1.82, 2.24) is 61.1 Å². The van der Waals surface area contributed by atoms with E-state index >= 15 is 0 Å². The second-order valence-corrected chi connectivity index (χ2v) is 28.8. The zero-order valence-electron chi connectivity index (χ0n) is 63.3. The van der Waals surface area contributed by atoms with Gasteiger partial charge in [0.05, 0.1) is 37.5 Å². The highest BCUT2D eigenvalue weighted by atomic mass is 16.2. The summed E-state index contributed by atoms with van der Waals surface area (Å²) in [7, 11) is 6.29. The van der Waals surface area contributed by atoms with Crippen LogP contribution in [0.3, 0.4) is 0 Å². The van der Waals surface area contributed by atoms with Crippen molar-refractivity contribution in [2.75, 3.05) is 113 Å². The molecule has 3 heterocycles.